The van der Waals surface area contributed by atoms with Gasteiger partial charge >= 0.3 is 0 Å². The third kappa shape index (κ3) is 3.73. The first-order chi connectivity index (χ1) is 11.7. The fraction of sp³-hybridized carbons (Fsp3) is 0.188. The predicted molar refractivity (Wildman–Crippen MR) is 94.1 cm³/mol. The number of nitriles is 1. The molecule has 0 amide bonds. The lowest BCUT2D eigenvalue weighted by Crippen LogP contribution is -2.37. The Morgan fingerprint density at radius 1 is 1.20 bits per heavy atom. The summed E-state index contributed by atoms with van der Waals surface area (Å²) >= 11 is 5.79. The minimum atomic E-state index is -4.06. The molecule has 0 aliphatic rings. The van der Waals surface area contributed by atoms with Gasteiger partial charge in [0.2, 0.25) is 0 Å². The molecule has 0 aromatic heterocycles. The molecule has 0 N–H and O–H groups in total. The smallest absolute Gasteiger partial charge is 0.258 e. The monoisotopic (exact) mass is 379 g/mol. The van der Waals surface area contributed by atoms with Gasteiger partial charge in [0.25, 0.3) is 15.7 Å². The number of sulfonamides is 1. The van der Waals surface area contributed by atoms with Crippen LogP contribution < -0.4 is 4.31 Å². The average molecular weight is 380 g/mol. The Balaban J connectivity index is 2.69. The first kappa shape index (κ1) is 18.7. The third-order valence-corrected chi connectivity index (χ3v) is 5.63. The molecule has 0 saturated carbocycles. The molecule has 0 heterocycles. The minimum absolute atomic E-state index is 0.0377. The van der Waals surface area contributed by atoms with Crippen LogP contribution in [0.1, 0.15) is 19.4 Å². The van der Waals surface area contributed by atoms with E-state index in [-0.39, 0.29) is 16.1 Å². The fourth-order valence-electron chi connectivity index (χ4n) is 2.33. The van der Waals surface area contributed by atoms with Crippen LogP contribution in [-0.2, 0) is 10.0 Å². The summed E-state index contributed by atoms with van der Waals surface area (Å²) < 4.78 is 27.0. The highest BCUT2D eigenvalue weighted by Crippen LogP contribution is 2.34. The molecule has 25 heavy (non-hydrogen) atoms. The van der Waals surface area contributed by atoms with Crippen LogP contribution in [0.15, 0.2) is 47.4 Å². The van der Waals surface area contributed by atoms with E-state index in [1.54, 1.807) is 13.8 Å². The number of rotatable bonds is 5. The van der Waals surface area contributed by atoms with Crippen molar-refractivity contribution in [2.24, 2.45) is 0 Å². The summed E-state index contributed by atoms with van der Waals surface area (Å²) in [7, 11) is -4.06. The van der Waals surface area contributed by atoms with Crippen molar-refractivity contribution in [1.82, 2.24) is 0 Å². The van der Waals surface area contributed by atoms with Gasteiger partial charge in [-0.05, 0) is 50.2 Å². The predicted octanol–water partition coefficient (Wildman–Crippen LogP) is 3.72. The van der Waals surface area contributed by atoms with Gasteiger partial charge < -0.3 is 0 Å². The van der Waals surface area contributed by atoms with Gasteiger partial charge in [0.1, 0.15) is 5.69 Å². The van der Waals surface area contributed by atoms with E-state index < -0.39 is 26.7 Å². The van der Waals surface area contributed by atoms with Gasteiger partial charge in [0, 0.05) is 17.1 Å². The van der Waals surface area contributed by atoms with E-state index in [1.165, 1.54) is 36.4 Å². The molecule has 0 radical (unpaired) electrons. The molecule has 2 rings (SSSR count). The van der Waals surface area contributed by atoms with Crippen LogP contribution in [0.5, 0.6) is 0 Å². The van der Waals surface area contributed by atoms with Crippen LogP contribution >= 0.6 is 11.6 Å². The van der Waals surface area contributed by atoms with Crippen molar-refractivity contribution in [2.75, 3.05) is 4.31 Å². The first-order valence-corrected chi connectivity index (χ1v) is 8.99. The van der Waals surface area contributed by atoms with E-state index in [4.69, 9.17) is 16.9 Å². The molecule has 2 aromatic rings. The summed E-state index contributed by atoms with van der Waals surface area (Å²) in [5.41, 5.74) is -0.484. The molecule has 0 aliphatic heterocycles. The van der Waals surface area contributed by atoms with Crippen LogP contribution in [0.3, 0.4) is 0 Å². The third-order valence-electron chi connectivity index (χ3n) is 3.38. The Morgan fingerprint density at radius 3 is 2.28 bits per heavy atom. The number of anilines is 1. The van der Waals surface area contributed by atoms with Crippen LogP contribution in [0.2, 0.25) is 5.02 Å². The van der Waals surface area contributed by atoms with E-state index in [2.05, 4.69) is 0 Å². The second-order valence-corrected chi connectivity index (χ2v) is 7.67. The van der Waals surface area contributed by atoms with Gasteiger partial charge in [-0.2, -0.15) is 5.26 Å². The van der Waals surface area contributed by atoms with Crippen molar-refractivity contribution < 1.29 is 13.3 Å². The van der Waals surface area contributed by atoms with Gasteiger partial charge in [-0.3, -0.25) is 14.4 Å². The topological polar surface area (TPSA) is 104 Å². The van der Waals surface area contributed by atoms with Gasteiger partial charge in [0.15, 0.2) is 0 Å². The summed E-state index contributed by atoms with van der Waals surface area (Å²) in [5.74, 6) is 0. The zero-order valence-corrected chi connectivity index (χ0v) is 15.0. The standard InChI is InChI=1S/C16H14ClN3O4S/c1-11(2)19(25(23,24)14-6-4-13(17)5-7-14)15-8-3-12(10-18)9-16(15)20(21)22/h3-9,11H,1-2H3. The van der Waals surface area contributed by atoms with E-state index in [1.807, 2.05) is 6.07 Å². The molecule has 0 aliphatic carbocycles. The average Bonchev–Trinajstić information content (AvgIpc) is 2.54. The van der Waals surface area contributed by atoms with Crippen molar-refractivity contribution in [3.8, 4) is 6.07 Å². The quantitative estimate of drug-likeness (QED) is 0.581. The second kappa shape index (κ2) is 7.09. The molecule has 0 saturated heterocycles. The highest BCUT2D eigenvalue weighted by atomic mass is 35.5. The molecule has 7 nitrogen and oxygen atoms in total. The van der Waals surface area contributed by atoms with Crippen molar-refractivity contribution in [1.29, 1.82) is 5.26 Å². The summed E-state index contributed by atoms with van der Waals surface area (Å²) in [4.78, 5) is 10.6. The summed E-state index contributed by atoms with van der Waals surface area (Å²) in [6, 6.07) is 10.4. The molecule has 9 heteroatoms. The SMILES string of the molecule is CC(C)N(c1ccc(C#N)cc1[N+](=O)[O-])S(=O)(=O)c1ccc(Cl)cc1. The molecular formula is C16H14ClN3O4S. The van der Waals surface area contributed by atoms with E-state index >= 15 is 0 Å². The lowest BCUT2D eigenvalue weighted by molar-refractivity contribution is -0.384. The summed E-state index contributed by atoms with van der Waals surface area (Å²) in [6.45, 7) is 3.21. The van der Waals surface area contributed by atoms with E-state index in [0.717, 1.165) is 10.4 Å². The maximum atomic E-state index is 13.0. The van der Waals surface area contributed by atoms with Crippen molar-refractivity contribution in [2.45, 2.75) is 24.8 Å². The van der Waals surface area contributed by atoms with Gasteiger partial charge in [-0.25, -0.2) is 8.42 Å². The lowest BCUT2D eigenvalue weighted by atomic mass is 10.2. The maximum absolute atomic E-state index is 13.0. The molecular weight excluding hydrogens is 366 g/mol. The number of nitro benzene ring substituents is 1. The molecule has 2 aromatic carbocycles. The van der Waals surface area contributed by atoms with Crippen molar-refractivity contribution in [3.05, 3.63) is 63.2 Å². The number of hydrogen-bond acceptors (Lipinski definition) is 5. The van der Waals surface area contributed by atoms with Gasteiger partial charge in [-0.1, -0.05) is 11.6 Å². The minimum Gasteiger partial charge on any atom is -0.258 e. The number of nitrogens with zero attached hydrogens (tertiary/aromatic N) is 3. The molecule has 0 atom stereocenters. The Morgan fingerprint density at radius 2 is 1.80 bits per heavy atom. The second-order valence-electron chi connectivity index (χ2n) is 5.42. The fourth-order valence-corrected chi connectivity index (χ4v) is 4.13. The number of benzene rings is 2. The highest BCUT2D eigenvalue weighted by Gasteiger charge is 2.32. The van der Waals surface area contributed by atoms with Crippen molar-refractivity contribution in [3.63, 3.8) is 0 Å². The Kier molecular flexibility index (Phi) is 5.30. The zero-order chi connectivity index (χ0) is 18.8. The lowest BCUT2D eigenvalue weighted by Gasteiger charge is -2.28. The normalized spacial score (nSPS) is 11.2. The van der Waals surface area contributed by atoms with Crippen LogP contribution in [0, 0.1) is 21.4 Å². The molecule has 0 unspecified atom stereocenters. The Hall–Kier alpha value is -2.63. The van der Waals surface area contributed by atoms with Crippen LogP contribution in [0.25, 0.3) is 0 Å². The summed E-state index contributed by atoms with van der Waals surface area (Å²) in [6.07, 6.45) is 0. The zero-order valence-electron chi connectivity index (χ0n) is 13.4. The first-order valence-electron chi connectivity index (χ1n) is 7.17. The van der Waals surface area contributed by atoms with Crippen LogP contribution in [0.4, 0.5) is 11.4 Å². The largest absolute Gasteiger partial charge is 0.294 e. The number of halogens is 1. The van der Waals surface area contributed by atoms with E-state index in [9.17, 15) is 18.5 Å². The van der Waals surface area contributed by atoms with Gasteiger partial charge in [0.05, 0.1) is 21.5 Å². The number of nitro groups is 1. The molecule has 0 bridgehead atoms. The Bertz CT molecular complexity index is 950. The molecule has 130 valence electrons. The van der Waals surface area contributed by atoms with E-state index in [0.29, 0.717) is 5.02 Å². The highest BCUT2D eigenvalue weighted by molar-refractivity contribution is 7.92. The Labute approximate surface area is 150 Å². The molecule has 0 fully saturated rings. The van der Waals surface area contributed by atoms with Crippen molar-refractivity contribution >= 4 is 33.0 Å². The summed E-state index contributed by atoms with van der Waals surface area (Å²) in [5, 5.41) is 20.7. The van der Waals surface area contributed by atoms with Gasteiger partial charge in [-0.15, -0.1) is 0 Å². The maximum Gasteiger partial charge on any atom is 0.294 e. The van der Waals surface area contributed by atoms with Crippen LogP contribution in [-0.4, -0.2) is 19.4 Å². The number of hydrogen-bond donors (Lipinski definition) is 0. The molecule has 0 spiro atoms.